The minimum atomic E-state index is -3.12. The van der Waals surface area contributed by atoms with Crippen LogP contribution in [-0.4, -0.2) is 56.0 Å². The summed E-state index contributed by atoms with van der Waals surface area (Å²) in [5, 5.41) is 3.63. The molecule has 0 saturated carbocycles. The Balaban J connectivity index is 2.25. The molecule has 0 bridgehead atoms. The number of benzene rings is 1. The van der Waals surface area contributed by atoms with Gasteiger partial charge < -0.3 is 10.2 Å². The smallest absolute Gasteiger partial charge is 0.194 e. The van der Waals surface area contributed by atoms with Crippen LogP contribution >= 0.6 is 11.6 Å². The van der Waals surface area contributed by atoms with Crippen LogP contribution in [0, 0.1) is 5.82 Å². The minimum Gasteiger partial charge on any atom is -0.357 e. The van der Waals surface area contributed by atoms with Gasteiger partial charge in [0.05, 0.1) is 17.0 Å². The average molecular weight is 418 g/mol. The van der Waals surface area contributed by atoms with Crippen LogP contribution in [0.1, 0.15) is 40.2 Å². The van der Waals surface area contributed by atoms with E-state index in [0.717, 1.165) is 5.56 Å². The van der Waals surface area contributed by atoms with E-state index < -0.39 is 20.0 Å². The summed E-state index contributed by atoms with van der Waals surface area (Å²) in [6, 6.07) is 4.40. The highest BCUT2D eigenvalue weighted by Crippen LogP contribution is 2.31. The van der Waals surface area contributed by atoms with Crippen molar-refractivity contribution in [2.75, 3.05) is 31.9 Å². The van der Waals surface area contributed by atoms with Crippen LogP contribution in [0.4, 0.5) is 4.39 Å². The highest BCUT2D eigenvalue weighted by molar-refractivity contribution is 7.92. The van der Waals surface area contributed by atoms with E-state index in [-0.39, 0.29) is 11.6 Å². The van der Waals surface area contributed by atoms with Crippen LogP contribution in [-0.2, 0) is 15.3 Å². The lowest BCUT2D eigenvalue weighted by Gasteiger charge is -2.39. The largest absolute Gasteiger partial charge is 0.357 e. The second-order valence-electron chi connectivity index (χ2n) is 8.18. The van der Waals surface area contributed by atoms with Gasteiger partial charge in [0.2, 0.25) is 0 Å². The van der Waals surface area contributed by atoms with E-state index >= 15 is 0 Å². The molecule has 0 aromatic heterocycles. The van der Waals surface area contributed by atoms with E-state index in [1.807, 2.05) is 25.7 Å². The van der Waals surface area contributed by atoms with Gasteiger partial charge in [0.25, 0.3) is 0 Å². The topological polar surface area (TPSA) is 61.8 Å². The summed E-state index contributed by atoms with van der Waals surface area (Å²) in [6.07, 6.45) is 0. The Morgan fingerprint density at radius 3 is 2.63 bits per heavy atom. The molecule has 0 unspecified atom stereocenters. The normalized spacial score (nSPS) is 19.8. The lowest BCUT2D eigenvalue weighted by Crippen LogP contribution is -2.57. The molecule has 2 rings (SSSR count). The summed E-state index contributed by atoms with van der Waals surface area (Å²) in [5.74, 6) is 0.428. The monoisotopic (exact) mass is 417 g/mol. The Morgan fingerprint density at radius 1 is 1.41 bits per heavy atom. The highest BCUT2D eigenvalue weighted by Gasteiger charge is 2.41. The molecule has 1 fully saturated rings. The van der Waals surface area contributed by atoms with Crippen LogP contribution in [0.25, 0.3) is 0 Å². The van der Waals surface area contributed by atoms with Crippen molar-refractivity contribution in [3.63, 3.8) is 0 Å². The Kier molecular flexibility index (Phi) is 6.47. The number of rotatable bonds is 4. The van der Waals surface area contributed by atoms with Crippen LogP contribution in [0.2, 0.25) is 5.02 Å². The number of hydrogen-bond donors (Lipinski definition) is 1. The van der Waals surface area contributed by atoms with Gasteiger partial charge in [-0.3, -0.25) is 4.99 Å². The number of halogens is 2. The maximum atomic E-state index is 13.4. The molecule has 0 atom stereocenters. The highest BCUT2D eigenvalue weighted by atomic mass is 35.5. The lowest BCUT2D eigenvalue weighted by molar-refractivity contribution is 0.352. The first-order chi connectivity index (χ1) is 12.4. The number of nitrogens with one attached hydrogen (secondary N) is 1. The fraction of sp³-hybridized carbons (Fsp3) is 0.632. The molecule has 1 saturated heterocycles. The Labute approximate surface area is 166 Å². The van der Waals surface area contributed by atoms with Gasteiger partial charge in [-0.15, -0.1) is 0 Å². The maximum Gasteiger partial charge on any atom is 0.194 e. The second kappa shape index (κ2) is 7.95. The molecule has 0 amide bonds. The van der Waals surface area contributed by atoms with E-state index in [1.165, 1.54) is 12.1 Å². The number of guanidine groups is 1. The Hall–Kier alpha value is -1.34. The zero-order valence-electron chi connectivity index (χ0n) is 16.6. The molecule has 8 heteroatoms. The van der Waals surface area contributed by atoms with Crippen LogP contribution in [0.15, 0.2) is 23.2 Å². The van der Waals surface area contributed by atoms with Crippen molar-refractivity contribution in [2.45, 2.75) is 44.8 Å². The van der Waals surface area contributed by atoms with Gasteiger partial charge in [0.15, 0.2) is 15.8 Å². The van der Waals surface area contributed by atoms with E-state index in [4.69, 9.17) is 16.6 Å². The Bertz CT molecular complexity index is 822. The first kappa shape index (κ1) is 22.0. The summed E-state index contributed by atoms with van der Waals surface area (Å²) in [7, 11) is -3.12. The van der Waals surface area contributed by atoms with Crippen LogP contribution in [0.5, 0.6) is 0 Å². The predicted octanol–water partition coefficient (Wildman–Crippen LogP) is 3.23. The SMILES string of the molecule is CCNC(=NCC(C)(C)c1ccc(F)cc1Cl)N1CCS(=O)(=O)C(C)(C)C1. The molecule has 5 nitrogen and oxygen atoms in total. The maximum absolute atomic E-state index is 13.4. The molecule has 1 aliphatic heterocycles. The van der Waals surface area contributed by atoms with Gasteiger partial charge in [-0.25, -0.2) is 12.8 Å². The Morgan fingerprint density at radius 2 is 2.07 bits per heavy atom. The van der Waals surface area contributed by atoms with E-state index in [2.05, 4.69) is 5.32 Å². The standard InChI is InChI=1S/C19H29ClFN3O2S/c1-6-22-17(24-9-10-27(25,26)19(4,5)13-24)23-12-18(2,3)15-8-7-14(21)11-16(15)20/h7-8,11H,6,9-10,12-13H2,1-5H3,(H,22,23). The third-order valence-corrected chi connectivity index (χ3v) is 7.81. The zero-order valence-corrected chi connectivity index (χ0v) is 18.2. The quantitative estimate of drug-likeness (QED) is 0.603. The van der Waals surface area contributed by atoms with Gasteiger partial charge >= 0.3 is 0 Å². The summed E-state index contributed by atoms with van der Waals surface area (Å²) < 4.78 is 37.1. The molecule has 0 aliphatic carbocycles. The van der Waals surface area contributed by atoms with Gasteiger partial charge in [-0.1, -0.05) is 31.5 Å². The third kappa shape index (κ3) is 4.93. The number of aliphatic imine (C=N–C) groups is 1. The predicted molar refractivity (Wildman–Crippen MR) is 110 cm³/mol. The molecule has 27 heavy (non-hydrogen) atoms. The lowest BCUT2D eigenvalue weighted by atomic mass is 9.84. The molecule has 0 spiro atoms. The number of sulfone groups is 1. The first-order valence-corrected chi connectivity index (χ1v) is 11.1. The third-order valence-electron chi connectivity index (χ3n) is 4.96. The molecule has 1 aromatic carbocycles. The molecule has 1 aromatic rings. The van der Waals surface area contributed by atoms with Crippen molar-refractivity contribution in [1.82, 2.24) is 10.2 Å². The summed E-state index contributed by atoms with van der Waals surface area (Å²) in [4.78, 5) is 6.74. The fourth-order valence-corrected chi connectivity index (χ4v) is 4.94. The van der Waals surface area contributed by atoms with Crippen molar-refractivity contribution in [2.24, 2.45) is 4.99 Å². The van der Waals surface area contributed by atoms with Crippen molar-refractivity contribution in [1.29, 1.82) is 0 Å². The molecule has 152 valence electrons. The summed E-state index contributed by atoms with van der Waals surface area (Å²) in [5.41, 5.74) is 0.426. The minimum absolute atomic E-state index is 0.109. The van der Waals surface area contributed by atoms with E-state index in [9.17, 15) is 12.8 Å². The molecule has 1 N–H and O–H groups in total. The molecule has 1 aliphatic rings. The van der Waals surface area contributed by atoms with Crippen molar-refractivity contribution in [3.8, 4) is 0 Å². The second-order valence-corrected chi connectivity index (χ2v) is 11.3. The van der Waals surface area contributed by atoms with E-state index in [1.54, 1.807) is 19.9 Å². The number of nitrogens with zero attached hydrogens (tertiary/aromatic N) is 2. The average Bonchev–Trinajstić information content (AvgIpc) is 2.54. The number of hydrogen-bond acceptors (Lipinski definition) is 3. The summed E-state index contributed by atoms with van der Waals surface area (Å²) >= 11 is 6.23. The van der Waals surface area contributed by atoms with Crippen molar-refractivity contribution < 1.29 is 12.8 Å². The molecular formula is C19H29ClFN3O2S. The first-order valence-electron chi connectivity index (χ1n) is 9.11. The zero-order chi connectivity index (χ0) is 20.5. The van der Waals surface area contributed by atoms with E-state index in [0.29, 0.717) is 37.2 Å². The van der Waals surface area contributed by atoms with Crippen molar-refractivity contribution >= 4 is 27.4 Å². The van der Waals surface area contributed by atoms with Crippen molar-refractivity contribution in [3.05, 3.63) is 34.6 Å². The molecule has 0 radical (unpaired) electrons. The van der Waals surface area contributed by atoms with Crippen LogP contribution < -0.4 is 5.32 Å². The fourth-order valence-electron chi connectivity index (χ4n) is 3.15. The van der Waals surface area contributed by atoms with Gasteiger partial charge in [0.1, 0.15) is 5.82 Å². The van der Waals surface area contributed by atoms with Crippen LogP contribution in [0.3, 0.4) is 0 Å². The van der Waals surface area contributed by atoms with Gasteiger partial charge in [-0.2, -0.15) is 0 Å². The van der Waals surface area contributed by atoms with Gasteiger partial charge in [0, 0.05) is 30.1 Å². The molecular weight excluding hydrogens is 389 g/mol. The molecule has 1 heterocycles. The van der Waals surface area contributed by atoms with Gasteiger partial charge in [-0.05, 0) is 38.5 Å². The summed E-state index contributed by atoms with van der Waals surface area (Å²) in [6.45, 7) is 11.4.